The van der Waals surface area contributed by atoms with Crippen molar-refractivity contribution in [3.8, 4) is 5.75 Å². The lowest BCUT2D eigenvalue weighted by Gasteiger charge is -2.48. The summed E-state index contributed by atoms with van der Waals surface area (Å²) in [5.41, 5.74) is 1.54. The third-order valence-electron chi connectivity index (χ3n) is 10.3. The quantitative estimate of drug-likeness (QED) is 0.352. The van der Waals surface area contributed by atoms with Gasteiger partial charge in [0.1, 0.15) is 35.6 Å². The van der Waals surface area contributed by atoms with Crippen LogP contribution in [0.25, 0.3) is 6.08 Å². The number of hydrogen-bond donors (Lipinski definition) is 3. The molecule has 10 nitrogen and oxygen atoms in total. The van der Waals surface area contributed by atoms with Crippen molar-refractivity contribution in [3.05, 3.63) is 71.3 Å². The standard InChI is InChI=1S/C34H38N2O8/c37-17-16-35-32(40)33-18-26-27-28(43-34(42-27,23-12-13-23)24-14-15-24)30(33)44-36(29(33)31(39)41-26)19-21-10-8-20(9-11-21)4-3-6-22-5-1-2-7-25(22)38/h1-5,7-11,23-24,26-30,37-38H,6,12-19H2,(H,35,40). The number of aliphatic hydroxyl groups is 1. The van der Waals surface area contributed by atoms with Gasteiger partial charge in [-0.05, 0) is 54.9 Å². The van der Waals surface area contributed by atoms with Crippen LogP contribution < -0.4 is 5.32 Å². The number of ether oxygens (including phenoxy) is 3. The maximum Gasteiger partial charge on any atom is 0.327 e. The molecular formula is C34H38N2O8. The number of hydrogen-bond acceptors (Lipinski definition) is 9. The maximum absolute atomic E-state index is 13.9. The summed E-state index contributed by atoms with van der Waals surface area (Å²) < 4.78 is 19.6. The van der Waals surface area contributed by atoms with Gasteiger partial charge in [0.2, 0.25) is 5.91 Å². The lowest BCUT2D eigenvalue weighted by Crippen LogP contribution is -2.69. The molecule has 3 saturated carbocycles. The molecule has 3 aliphatic carbocycles. The van der Waals surface area contributed by atoms with Gasteiger partial charge in [-0.25, -0.2) is 0 Å². The molecule has 0 spiro atoms. The van der Waals surface area contributed by atoms with Crippen LogP contribution in [0.5, 0.6) is 5.75 Å². The summed E-state index contributed by atoms with van der Waals surface area (Å²) in [6, 6.07) is 14.3. The first-order valence-electron chi connectivity index (χ1n) is 15.8. The van der Waals surface area contributed by atoms with Crippen LogP contribution in [0.2, 0.25) is 0 Å². The van der Waals surface area contributed by atoms with Crippen LogP contribution in [0, 0.1) is 17.3 Å². The Morgan fingerprint density at radius 2 is 1.75 bits per heavy atom. The van der Waals surface area contributed by atoms with Gasteiger partial charge in [-0.15, -0.1) is 0 Å². The molecule has 1 amide bonds. The second-order valence-corrected chi connectivity index (χ2v) is 13.1. The lowest BCUT2D eigenvalue weighted by molar-refractivity contribution is -0.235. The summed E-state index contributed by atoms with van der Waals surface area (Å²) in [5, 5.41) is 23.9. The summed E-state index contributed by atoms with van der Waals surface area (Å²) in [7, 11) is 0. The van der Waals surface area contributed by atoms with Gasteiger partial charge in [0.15, 0.2) is 11.8 Å². The van der Waals surface area contributed by atoms with E-state index in [9.17, 15) is 19.8 Å². The molecular weight excluding hydrogens is 564 g/mol. The number of phenols is 1. The topological polar surface area (TPSA) is 127 Å². The first-order valence-corrected chi connectivity index (χ1v) is 15.8. The van der Waals surface area contributed by atoms with Crippen molar-refractivity contribution in [3.63, 3.8) is 0 Å². The molecule has 44 heavy (non-hydrogen) atoms. The molecule has 3 heterocycles. The normalized spacial score (nSPS) is 33.8. The average molecular weight is 603 g/mol. The van der Waals surface area contributed by atoms with Crippen LogP contribution in [0.3, 0.4) is 0 Å². The van der Waals surface area contributed by atoms with Gasteiger partial charge in [-0.3, -0.25) is 14.4 Å². The van der Waals surface area contributed by atoms with Crippen LogP contribution >= 0.6 is 0 Å². The Labute approximate surface area is 255 Å². The zero-order valence-corrected chi connectivity index (χ0v) is 24.5. The number of fused-ring (bicyclic) bond motifs is 4. The van der Waals surface area contributed by atoms with E-state index in [4.69, 9.17) is 19.0 Å². The highest BCUT2D eigenvalue weighted by Gasteiger charge is 2.78. The molecule has 10 heteroatoms. The van der Waals surface area contributed by atoms with E-state index >= 15 is 0 Å². The molecule has 6 aliphatic rings. The number of carbonyl (C=O) groups is 2. The second kappa shape index (κ2) is 10.7. The van der Waals surface area contributed by atoms with Gasteiger partial charge in [-0.2, -0.15) is 5.06 Å². The number of amides is 1. The zero-order chi connectivity index (χ0) is 30.1. The average Bonchev–Trinajstić information content (AvgIpc) is 3.97. The summed E-state index contributed by atoms with van der Waals surface area (Å²) in [5.74, 6) is -0.612. The van der Waals surface area contributed by atoms with Gasteiger partial charge < -0.3 is 29.7 Å². The van der Waals surface area contributed by atoms with Gasteiger partial charge >= 0.3 is 5.97 Å². The lowest BCUT2D eigenvalue weighted by atomic mass is 9.62. The van der Waals surface area contributed by atoms with Crippen LogP contribution in [0.4, 0.5) is 0 Å². The molecule has 6 unspecified atom stereocenters. The maximum atomic E-state index is 13.9. The number of carbonyl (C=O) groups excluding carboxylic acids is 2. The van der Waals surface area contributed by atoms with E-state index in [2.05, 4.69) is 5.32 Å². The number of para-hydroxylation sites is 1. The Morgan fingerprint density at radius 1 is 1.02 bits per heavy atom. The van der Waals surface area contributed by atoms with E-state index in [1.165, 1.54) is 0 Å². The Bertz CT molecular complexity index is 1460. The molecule has 232 valence electrons. The first kappa shape index (κ1) is 28.2. The molecule has 3 saturated heterocycles. The summed E-state index contributed by atoms with van der Waals surface area (Å²) in [6.07, 6.45) is 6.70. The number of hydroxylamine groups is 2. The zero-order valence-electron chi connectivity index (χ0n) is 24.5. The van der Waals surface area contributed by atoms with Crippen LogP contribution in [-0.4, -0.2) is 76.5 Å². The predicted octanol–water partition coefficient (Wildman–Crippen LogP) is 2.86. The van der Waals surface area contributed by atoms with Crippen molar-refractivity contribution >= 4 is 18.0 Å². The van der Waals surface area contributed by atoms with Crippen molar-refractivity contribution in [2.45, 2.75) is 81.3 Å². The van der Waals surface area contributed by atoms with Gasteiger partial charge in [0.05, 0.1) is 13.2 Å². The van der Waals surface area contributed by atoms with Crippen molar-refractivity contribution in [1.29, 1.82) is 0 Å². The van der Waals surface area contributed by atoms with Gasteiger partial charge in [-0.1, -0.05) is 54.6 Å². The molecule has 3 aliphatic heterocycles. The molecule has 2 bridgehead atoms. The van der Waals surface area contributed by atoms with Crippen molar-refractivity contribution in [2.75, 3.05) is 13.2 Å². The molecule has 6 fully saturated rings. The first-order chi connectivity index (χ1) is 21.4. The number of nitrogens with zero attached hydrogens (tertiary/aromatic N) is 1. The van der Waals surface area contributed by atoms with Gasteiger partial charge in [0, 0.05) is 24.8 Å². The number of benzene rings is 2. The Morgan fingerprint density at radius 3 is 2.45 bits per heavy atom. The van der Waals surface area contributed by atoms with E-state index in [0.717, 1.165) is 42.4 Å². The smallest absolute Gasteiger partial charge is 0.327 e. The van der Waals surface area contributed by atoms with Crippen LogP contribution in [0.1, 0.15) is 48.8 Å². The monoisotopic (exact) mass is 602 g/mol. The van der Waals surface area contributed by atoms with Crippen molar-refractivity contribution in [2.24, 2.45) is 17.3 Å². The molecule has 2 aromatic rings. The Hall–Kier alpha value is -3.28. The van der Waals surface area contributed by atoms with Crippen molar-refractivity contribution in [1.82, 2.24) is 10.4 Å². The number of aromatic hydroxyl groups is 1. The fourth-order valence-corrected chi connectivity index (χ4v) is 7.92. The van der Waals surface area contributed by atoms with E-state index < -0.39 is 47.6 Å². The third-order valence-corrected chi connectivity index (χ3v) is 10.3. The fourth-order valence-electron chi connectivity index (χ4n) is 7.92. The van der Waals surface area contributed by atoms with Crippen molar-refractivity contribution < 1.29 is 38.9 Å². The molecule has 0 radical (unpaired) electrons. The minimum Gasteiger partial charge on any atom is -0.508 e. The van der Waals surface area contributed by atoms with Crippen LogP contribution in [-0.2, 0) is 41.6 Å². The summed E-state index contributed by atoms with van der Waals surface area (Å²) in [6.45, 7) is 0.145. The van der Waals surface area contributed by atoms with E-state index in [-0.39, 0.29) is 37.8 Å². The number of esters is 1. The second-order valence-electron chi connectivity index (χ2n) is 13.1. The highest BCUT2D eigenvalue weighted by atomic mass is 16.8. The minimum atomic E-state index is -1.23. The molecule has 0 aromatic heterocycles. The Kier molecular flexibility index (Phi) is 6.84. The summed E-state index contributed by atoms with van der Waals surface area (Å²) >= 11 is 0. The van der Waals surface area contributed by atoms with Gasteiger partial charge in [0.25, 0.3) is 0 Å². The summed E-state index contributed by atoms with van der Waals surface area (Å²) in [4.78, 5) is 34.3. The Balaban J connectivity index is 1.05. The molecule has 3 N–H and O–H groups in total. The number of allylic oxidation sites excluding steroid dienone is 1. The van der Waals surface area contributed by atoms with Crippen LogP contribution in [0.15, 0.2) is 54.6 Å². The van der Waals surface area contributed by atoms with E-state index in [1.807, 2.05) is 48.6 Å². The molecule has 8 rings (SSSR count). The fraction of sp³-hybridized carbons (Fsp3) is 0.529. The van der Waals surface area contributed by atoms with E-state index in [0.29, 0.717) is 18.3 Å². The third kappa shape index (κ3) is 4.49. The number of aliphatic hydroxyl groups excluding tert-OH is 1. The van der Waals surface area contributed by atoms with E-state index in [1.54, 1.807) is 17.2 Å². The minimum absolute atomic E-state index is 0.0815. The molecule has 6 atom stereocenters. The highest BCUT2D eigenvalue weighted by molar-refractivity contribution is 5.93. The predicted molar refractivity (Wildman–Crippen MR) is 156 cm³/mol. The highest BCUT2D eigenvalue weighted by Crippen LogP contribution is 2.63. The SMILES string of the molecule is O=C1OC2CC3(C(=O)NCCO)C(ON(Cc4ccc(C=CCc5ccccc5O)cc4)C13)C1OC(C3CC3)(C3CC3)OC21. The largest absolute Gasteiger partial charge is 0.508 e. The number of rotatable bonds is 10. The number of phenolic OH excluding ortho intramolecular Hbond substituents is 1. The number of nitrogens with one attached hydrogen (secondary N) is 1. The molecule has 2 aromatic carbocycles.